The van der Waals surface area contributed by atoms with Crippen LogP contribution in [-0.2, 0) is 9.16 Å². The number of ether oxygens (including phenoxy) is 1. The molecule has 0 heterocycles. The monoisotopic (exact) mass is 186 g/mol. The Morgan fingerprint density at radius 1 is 1.33 bits per heavy atom. The summed E-state index contributed by atoms with van der Waals surface area (Å²) in [5, 5.41) is 0. The second kappa shape index (κ2) is 4.35. The SMILES string of the molecule is C=CC(C)=C(OC)O[Si](C)(C)C. The molecule has 0 radical (unpaired) electrons. The molecule has 0 aliphatic carbocycles. The van der Waals surface area contributed by atoms with E-state index >= 15 is 0 Å². The summed E-state index contributed by atoms with van der Waals surface area (Å²) >= 11 is 0. The minimum Gasteiger partial charge on any atom is -0.520 e. The van der Waals surface area contributed by atoms with Crippen molar-refractivity contribution >= 4 is 8.32 Å². The van der Waals surface area contributed by atoms with E-state index in [4.69, 9.17) is 9.16 Å². The first kappa shape index (κ1) is 11.3. The minimum absolute atomic E-state index is 0.601. The van der Waals surface area contributed by atoms with Gasteiger partial charge in [0.2, 0.25) is 8.32 Å². The normalized spacial score (nSPS) is 13.4. The second-order valence-electron chi connectivity index (χ2n) is 3.59. The molecule has 0 saturated carbocycles. The van der Waals surface area contributed by atoms with Gasteiger partial charge >= 0.3 is 0 Å². The van der Waals surface area contributed by atoms with Crippen LogP contribution in [0.3, 0.4) is 0 Å². The Bertz CT molecular complexity index is 189. The van der Waals surface area contributed by atoms with Gasteiger partial charge in [-0.3, -0.25) is 0 Å². The van der Waals surface area contributed by atoms with Gasteiger partial charge in [0.1, 0.15) is 0 Å². The van der Waals surface area contributed by atoms with Gasteiger partial charge in [-0.15, -0.1) is 0 Å². The highest BCUT2D eigenvalue weighted by atomic mass is 28.4. The fraction of sp³-hybridized carbons (Fsp3) is 0.556. The van der Waals surface area contributed by atoms with Crippen LogP contribution in [0.5, 0.6) is 0 Å². The lowest BCUT2D eigenvalue weighted by molar-refractivity contribution is 0.143. The van der Waals surface area contributed by atoms with Crippen LogP contribution in [0.2, 0.25) is 19.6 Å². The lowest BCUT2D eigenvalue weighted by atomic mass is 10.3. The van der Waals surface area contributed by atoms with Gasteiger partial charge in [-0.2, -0.15) is 0 Å². The average molecular weight is 186 g/mol. The van der Waals surface area contributed by atoms with Crippen molar-refractivity contribution < 1.29 is 9.16 Å². The molecule has 0 N–H and O–H groups in total. The lowest BCUT2D eigenvalue weighted by Gasteiger charge is -2.21. The predicted molar refractivity (Wildman–Crippen MR) is 54.3 cm³/mol. The third kappa shape index (κ3) is 4.23. The van der Waals surface area contributed by atoms with Crippen LogP contribution in [0.1, 0.15) is 6.92 Å². The van der Waals surface area contributed by atoms with Gasteiger partial charge in [0.15, 0.2) is 0 Å². The predicted octanol–water partition coefficient (Wildman–Crippen LogP) is 2.90. The summed E-state index contributed by atoms with van der Waals surface area (Å²) in [5.74, 6) is 0.601. The number of allylic oxidation sites excluding steroid dienone is 2. The molecule has 0 aliphatic heterocycles. The first-order valence-corrected chi connectivity index (χ1v) is 7.38. The maximum absolute atomic E-state index is 5.66. The Kier molecular flexibility index (Phi) is 4.10. The number of methoxy groups -OCH3 is 1. The van der Waals surface area contributed by atoms with Crippen LogP contribution in [-0.4, -0.2) is 15.4 Å². The molecule has 0 aromatic carbocycles. The van der Waals surface area contributed by atoms with Crippen molar-refractivity contribution in [2.45, 2.75) is 26.6 Å². The molecule has 0 aromatic heterocycles. The van der Waals surface area contributed by atoms with Crippen molar-refractivity contribution in [3.63, 3.8) is 0 Å². The van der Waals surface area contributed by atoms with Gasteiger partial charge in [-0.1, -0.05) is 12.7 Å². The summed E-state index contributed by atoms with van der Waals surface area (Å²) in [6.07, 6.45) is 1.74. The van der Waals surface area contributed by atoms with Crippen molar-refractivity contribution in [2.24, 2.45) is 0 Å². The first-order chi connectivity index (χ1) is 5.40. The van der Waals surface area contributed by atoms with Crippen molar-refractivity contribution in [1.29, 1.82) is 0 Å². The largest absolute Gasteiger partial charge is 0.520 e. The standard InChI is InChI=1S/C9H18O2Si/c1-7-8(2)9(10-3)11-12(4,5)6/h7H,1H2,2-6H3. The quantitative estimate of drug-likeness (QED) is 0.382. The van der Waals surface area contributed by atoms with Gasteiger partial charge in [-0.05, 0) is 26.6 Å². The van der Waals surface area contributed by atoms with Crippen LogP contribution in [0.25, 0.3) is 0 Å². The summed E-state index contributed by atoms with van der Waals surface area (Å²) in [7, 11) is 0.0626. The van der Waals surface area contributed by atoms with Gasteiger partial charge in [0, 0.05) is 5.57 Å². The van der Waals surface area contributed by atoms with Crippen molar-refractivity contribution in [3.8, 4) is 0 Å². The maximum Gasteiger partial charge on any atom is 0.268 e. The minimum atomic E-state index is -1.55. The summed E-state index contributed by atoms with van der Waals surface area (Å²) in [6.45, 7) is 11.9. The van der Waals surface area contributed by atoms with E-state index in [2.05, 4.69) is 26.2 Å². The number of hydrogen-bond donors (Lipinski definition) is 0. The third-order valence-electron chi connectivity index (χ3n) is 1.21. The fourth-order valence-corrected chi connectivity index (χ4v) is 1.45. The molecule has 12 heavy (non-hydrogen) atoms. The molecular formula is C9H18O2Si. The molecule has 0 aromatic rings. The summed E-state index contributed by atoms with van der Waals surface area (Å²) in [5.41, 5.74) is 0.944. The Morgan fingerprint density at radius 3 is 2.08 bits per heavy atom. The molecule has 0 amide bonds. The van der Waals surface area contributed by atoms with E-state index in [9.17, 15) is 0 Å². The molecule has 0 spiro atoms. The van der Waals surface area contributed by atoms with E-state index in [1.165, 1.54) is 0 Å². The van der Waals surface area contributed by atoms with Crippen molar-refractivity contribution in [3.05, 3.63) is 24.2 Å². The molecule has 2 nitrogen and oxygen atoms in total. The van der Waals surface area contributed by atoms with Crippen LogP contribution in [0.15, 0.2) is 24.2 Å². The van der Waals surface area contributed by atoms with Crippen LogP contribution in [0, 0.1) is 0 Å². The third-order valence-corrected chi connectivity index (χ3v) is 2.01. The van der Waals surface area contributed by atoms with E-state index < -0.39 is 8.32 Å². The molecule has 0 saturated heterocycles. The van der Waals surface area contributed by atoms with Crippen LogP contribution in [0.4, 0.5) is 0 Å². The van der Waals surface area contributed by atoms with Crippen molar-refractivity contribution in [2.75, 3.05) is 7.11 Å². The Balaban J connectivity index is 4.48. The summed E-state index contributed by atoms with van der Waals surface area (Å²) in [4.78, 5) is 0. The van der Waals surface area contributed by atoms with Gasteiger partial charge < -0.3 is 9.16 Å². The van der Waals surface area contributed by atoms with E-state index in [1.54, 1.807) is 13.2 Å². The topological polar surface area (TPSA) is 18.5 Å². The van der Waals surface area contributed by atoms with E-state index in [-0.39, 0.29) is 0 Å². The second-order valence-corrected chi connectivity index (χ2v) is 8.02. The van der Waals surface area contributed by atoms with Gasteiger partial charge in [-0.25, -0.2) is 0 Å². The smallest absolute Gasteiger partial charge is 0.268 e. The Labute approximate surface area is 76.0 Å². The highest BCUT2D eigenvalue weighted by Gasteiger charge is 2.18. The highest BCUT2D eigenvalue weighted by Crippen LogP contribution is 2.14. The summed E-state index contributed by atoms with van der Waals surface area (Å²) in [6, 6.07) is 0. The highest BCUT2D eigenvalue weighted by molar-refractivity contribution is 6.70. The molecule has 70 valence electrons. The zero-order chi connectivity index (χ0) is 9.78. The van der Waals surface area contributed by atoms with Crippen LogP contribution >= 0.6 is 0 Å². The van der Waals surface area contributed by atoms with E-state index in [1.807, 2.05) is 6.92 Å². The Morgan fingerprint density at radius 2 is 1.83 bits per heavy atom. The Hall–Kier alpha value is -0.703. The zero-order valence-corrected chi connectivity index (χ0v) is 9.60. The number of rotatable bonds is 4. The molecule has 3 heteroatoms. The average Bonchev–Trinajstić information content (AvgIpc) is 1.97. The molecule has 0 rings (SSSR count). The molecular weight excluding hydrogens is 168 g/mol. The van der Waals surface area contributed by atoms with Gasteiger partial charge in [0.05, 0.1) is 7.11 Å². The summed E-state index contributed by atoms with van der Waals surface area (Å²) < 4.78 is 10.8. The molecule has 0 fully saturated rings. The zero-order valence-electron chi connectivity index (χ0n) is 8.60. The molecule has 0 atom stereocenters. The van der Waals surface area contributed by atoms with Crippen LogP contribution < -0.4 is 0 Å². The van der Waals surface area contributed by atoms with Gasteiger partial charge in [0.25, 0.3) is 5.95 Å². The fourth-order valence-electron chi connectivity index (χ4n) is 0.645. The van der Waals surface area contributed by atoms with E-state index in [0.29, 0.717) is 5.95 Å². The van der Waals surface area contributed by atoms with Crippen molar-refractivity contribution in [1.82, 2.24) is 0 Å². The molecule has 0 unspecified atom stereocenters. The number of hydrogen-bond acceptors (Lipinski definition) is 2. The van der Waals surface area contributed by atoms with E-state index in [0.717, 1.165) is 5.57 Å². The first-order valence-electron chi connectivity index (χ1n) is 3.97. The molecule has 0 bridgehead atoms. The molecule has 0 aliphatic rings. The lowest BCUT2D eigenvalue weighted by Crippen LogP contribution is -2.25. The maximum atomic E-state index is 5.66.